The van der Waals surface area contributed by atoms with E-state index in [4.69, 9.17) is 0 Å². The molecule has 3 rings (SSSR count). The molecular weight excluding hydrogens is 352 g/mol. The van der Waals surface area contributed by atoms with E-state index in [2.05, 4.69) is 58.9 Å². The third-order valence-corrected chi connectivity index (χ3v) is 6.12. The van der Waals surface area contributed by atoms with E-state index in [1.54, 1.807) is 0 Å². The number of nitrogens with one attached hydrogen (secondary N) is 2. The van der Waals surface area contributed by atoms with Crippen LogP contribution >= 0.6 is 23.1 Å². The van der Waals surface area contributed by atoms with Crippen molar-refractivity contribution in [3.63, 3.8) is 0 Å². The molecule has 1 saturated carbocycles. The number of nitrogens with zero attached hydrogens (tertiary/aromatic N) is 2. The first-order chi connectivity index (χ1) is 12.2. The van der Waals surface area contributed by atoms with Crippen LogP contribution in [0.1, 0.15) is 43.4 Å². The molecule has 0 radical (unpaired) electrons. The highest BCUT2D eigenvalue weighted by Gasteiger charge is 2.33. The summed E-state index contributed by atoms with van der Waals surface area (Å²) in [5, 5.41) is 15.5. The summed E-state index contributed by atoms with van der Waals surface area (Å²) in [4.78, 5) is 12.4. The second kappa shape index (κ2) is 8.67. The average Bonchev–Trinajstić information content (AvgIpc) is 3.36. The molecule has 1 fully saturated rings. The fourth-order valence-corrected chi connectivity index (χ4v) is 4.18. The Kier molecular flexibility index (Phi) is 6.31. The predicted octanol–water partition coefficient (Wildman–Crippen LogP) is 4.03. The standard InChI is InChI=1S/C18H24N4OS2/c1-3-10-19-17-21-22-18(25-17)24-11-15(23)20-16(14-8-9-14)13-6-4-12(2)5-7-13/h4-7,14,16H,3,8-11H2,1-2H3,(H,19,21)(H,20,23). The van der Waals surface area contributed by atoms with Crippen molar-refractivity contribution in [1.29, 1.82) is 0 Å². The average molecular weight is 377 g/mol. The Hall–Kier alpha value is -1.60. The Labute approximate surface area is 157 Å². The van der Waals surface area contributed by atoms with Crippen molar-refractivity contribution in [3.8, 4) is 0 Å². The summed E-state index contributed by atoms with van der Waals surface area (Å²) in [5.74, 6) is 1.00. The third-order valence-electron chi connectivity index (χ3n) is 4.11. The van der Waals surface area contributed by atoms with Crippen LogP contribution in [0.3, 0.4) is 0 Å². The number of carbonyl (C=O) groups is 1. The van der Waals surface area contributed by atoms with Gasteiger partial charge >= 0.3 is 0 Å². The molecule has 0 saturated heterocycles. The van der Waals surface area contributed by atoms with Gasteiger partial charge in [-0.25, -0.2) is 0 Å². The number of hydrogen-bond donors (Lipinski definition) is 2. The Morgan fingerprint density at radius 3 is 2.76 bits per heavy atom. The zero-order valence-electron chi connectivity index (χ0n) is 14.6. The van der Waals surface area contributed by atoms with Gasteiger partial charge in [0.25, 0.3) is 0 Å². The Bertz CT molecular complexity index is 697. The minimum atomic E-state index is 0.0562. The van der Waals surface area contributed by atoms with E-state index in [0.717, 1.165) is 22.4 Å². The predicted molar refractivity (Wildman–Crippen MR) is 104 cm³/mol. The first kappa shape index (κ1) is 18.2. The van der Waals surface area contributed by atoms with Crippen molar-refractivity contribution in [3.05, 3.63) is 35.4 Å². The fourth-order valence-electron chi connectivity index (χ4n) is 2.59. The van der Waals surface area contributed by atoms with Crippen molar-refractivity contribution in [2.45, 2.75) is 43.5 Å². The summed E-state index contributed by atoms with van der Waals surface area (Å²) in [6.45, 7) is 5.08. The first-order valence-corrected chi connectivity index (χ1v) is 10.5. The van der Waals surface area contributed by atoms with E-state index in [-0.39, 0.29) is 11.9 Å². The molecule has 1 unspecified atom stereocenters. The van der Waals surface area contributed by atoms with Crippen LogP contribution in [0.4, 0.5) is 5.13 Å². The maximum atomic E-state index is 12.4. The van der Waals surface area contributed by atoms with E-state index < -0.39 is 0 Å². The Morgan fingerprint density at radius 1 is 1.32 bits per heavy atom. The summed E-state index contributed by atoms with van der Waals surface area (Å²) in [6, 6.07) is 8.60. The number of hydrogen-bond acceptors (Lipinski definition) is 6. The van der Waals surface area contributed by atoms with Gasteiger partial charge in [0, 0.05) is 6.54 Å². The molecule has 1 aliphatic rings. The molecule has 0 aliphatic heterocycles. The van der Waals surface area contributed by atoms with Crippen molar-refractivity contribution >= 4 is 34.1 Å². The van der Waals surface area contributed by atoms with Gasteiger partial charge in [-0.1, -0.05) is 59.9 Å². The number of anilines is 1. The Balaban J connectivity index is 1.52. The SMILES string of the molecule is CCCNc1nnc(SCC(=O)NC(c2ccc(C)cc2)C2CC2)s1. The van der Waals surface area contributed by atoms with Crippen molar-refractivity contribution < 1.29 is 4.79 Å². The number of aromatic nitrogens is 2. The molecule has 1 heterocycles. The Morgan fingerprint density at radius 2 is 2.08 bits per heavy atom. The number of aryl methyl sites for hydroxylation is 1. The summed E-state index contributed by atoms with van der Waals surface area (Å²) in [5.41, 5.74) is 2.44. The summed E-state index contributed by atoms with van der Waals surface area (Å²) >= 11 is 2.95. The van der Waals surface area contributed by atoms with Crippen molar-refractivity contribution in [1.82, 2.24) is 15.5 Å². The third kappa shape index (κ3) is 5.44. The van der Waals surface area contributed by atoms with E-state index in [9.17, 15) is 4.79 Å². The molecule has 1 aromatic heterocycles. The molecule has 134 valence electrons. The van der Waals surface area contributed by atoms with Crippen molar-refractivity contribution in [2.24, 2.45) is 5.92 Å². The fraction of sp³-hybridized carbons (Fsp3) is 0.500. The lowest BCUT2D eigenvalue weighted by atomic mass is 10.0. The van der Waals surface area contributed by atoms with Crippen LogP contribution in [0.2, 0.25) is 0 Å². The maximum absolute atomic E-state index is 12.4. The molecule has 0 bridgehead atoms. The quantitative estimate of drug-likeness (QED) is 0.647. The van der Waals surface area contributed by atoms with Crippen LogP contribution in [0, 0.1) is 12.8 Å². The summed E-state index contributed by atoms with van der Waals surface area (Å²) in [7, 11) is 0. The highest BCUT2D eigenvalue weighted by Crippen LogP contribution is 2.41. The molecule has 2 aromatic rings. The highest BCUT2D eigenvalue weighted by molar-refractivity contribution is 8.01. The van der Waals surface area contributed by atoms with Gasteiger partial charge in [-0.15, -0.1) is 10.2 Å². The zero-order chi connectivity index (χ0) is 17.6. The summed E-state index contributed by atoms with van der Waals surface area (Å²) < 4.78 is 0.826. The van der Waals surface area contributed by atoms with Gasteiger partial charge in [-0.2, -0.15) is 0 Å². The van der Waals surface area contributed by atoms with Gasteiger partial charge in [0.1, 0.15) is 0 Å². The van der Waals surface area contributed by atoms with Gasteiger partial charge in [0.2, 0.25) is 11.0 Å². The molecule has 1 aliphatic carbocycles. The zero-order valence-corrected chi connectivity index (χ0v) is 16.3. The molecule has 1 aromatic carbocycles. The number of benzene rings is 1. The maximum Gasteiger partial charge on any atom is 0.230 e. The second-order valence-electron chi connectivity index (χ2n) is 6.38. The lowest BCUT2D eigenvalue weighted by Gasteiger charge is -2.18. The molecule has 7 heteroatoms. The first-order valence-electron chi connectivity index (χ1n) is 8.72. The number of thioether (sulfide) groups is 1. The van der Waals surface area contributed by atoms with E-state index in [1.807, 2.05) is 0 Å². The van der Waals surface area contributed by atoms with Crippen LogP contribution in [0.5, 0.6) is 0 Å². The van der Waals surface area contributed by atoms with Crippen LogP contribution in [0.25, 0.3) is 0 Å². The van der Waals surface area contributed by atoms with Gasteiger partial charge in [0.15, 0.2) is 4.34 Å². The smallest absolute Gasteiger partial charge is 0.230 e. The minimum Gasteiger partial charge on any atom is -0.360 e. The molecule has 0 spiro atoms. The number of carbonyl (C=O) groups excluding carboxylic acids is 1. The lowest BCUT2D eigenvalue weighted by Crippen LogP contribution is -2.31. The van der Waals surface area contributed by atoms with Crippen LogP contribution in [0.15, 0.2) is 28.6 Å². The minimum absolute atomic E-state index is 0.0562. The summed E-state index contributed by atoms with van der Waals surface area (Å²) in [6.07, 6.45) is 3.43. The van der Waals surface area contributed by atoms with E-state index >= 15 is 0 Å². The highest BCUT2D eigenvalue weighted by atomic mass is 32.2. The van der Waals surface area contributed by atoms with Gasteiger partial charge in [-0.3, -0.25) is 4.79 Å². The molecule has 5 nitrogen and oxygen atoms in total. The molecule has 25 heavy (non-hydrogen) atoms. The molecular formula is C18H24N4OS2. The van der Waals surface area contributed by atoms with E-state index in [0.29, 0.717) is 11.7 Å². The van der Waals surface area contributed by atoms with Gasteiger partial charge in [-0.05, 0) is 37.7 Å². The lowest BCUT2D eigenvalue weighted by molar-refractivity contribution is -0.119. The van der Waals surface area contributed by atoms with E-state index in [1.165, 1.54) is 47.1 Å². The monoisotopic (exact) mass is 376 g/mol. The normalized spacial score (nSPS) is 15.0. The molecule has 2 N–H and O–H groups in total. The van der Waals surface area contributed by atoms with Crippen LogP contribution in [-0.2, 0) is 4.79 Å². The van der Waals surface area contributed by atoms with Gasteiger partial charge < -0.3 is 10.6 Å². The van der Waals surface area contributed by atoms with Crippen LogP contribution in [-0.4, -0.2) is 28.4 Å². The number of rotatable bonds is 9. The van der Waals surface area contributed by atoms with Crippen LogP contribution < -0.4 is 10.6 Å². The topological polar surface area (TPSA) is 66.9 Å². The second-order valence-corrected chi connectivity index (χ2v) is 8.58. The number of amides is 1. The van der Waals surface area contributed by atoms with Crippen molar-refractivity contribution in [2.75, 3.05) is 17.6 Å². The molecule has 1 atom stereocenters. The largest absolute Gasteiger partial charge is 0.360 e. The van der Waals surface area contributed by atoms with Gasteiger partial charge in [0.05, 0.1) is 11.8 Å². The molecule has 1 amide bonds.